The van der Waals surface area contributed by atoms with Crippen LogP contribution in [0.5, 0.6) is 0 Å². The number of hydrogen-bond donors (Lipinski definition) is 2. The summed E-state index contributed by atoms with van der Waals surface area (Å²) in [5, 5.41) is 3.01. The maximum Gasteiger partial charge on any atom is 0.242 e. The SMILES string of the molecule is Cc1cccc(CNC(=O)CN(CC(=O)N2CCC(N)C2)c2ccccc2-c2ccccc2)c1. The molecule has 4 rings (SSSR count). The first kappa shape index (κ1) is 23.5. The lowest BCUT2D eigenvalue weighted by Gasteiger charge is -2.28. The number of nitrogens with two attached hydrogens (primary N) is 1. The highest BCUT2D eigenvalue weighted by molar-refractivity contribution is 5.90. The molecule has 1 saturated heterocycles. The zero-order valence-electron chi connectivity index (χ0n) is 19.6. The molecule has 0 aliphatic carbocycles. The molecule has 0 aromatic heterocycles. The molecule has 2 amide bonds. The van der Waals surface area contributed by atoms with Crippen molar-refractivity contribution in [2.24, 2.45) is 5.73 Å². The molecule has 0 bridgehead atoms. The van der Waals surface area contributed by atoms with Crippen LogP contribution in [0.25, 0.3) is 11.1 Å². The highest BCUT2D eigenvalue weighted by Gasteiger charge is 2.26. The summed E-state index contributed by atoms with van der Waals surface area (Å²) < 4.78 is 0. The van der Waals surface area contributed by atoms with Crippen LogP contribution in [0, 0.1) is 6.92 Å². The molecule has 3 N–H and O–H groups in total. The van der Waals surface area contributed by atoms with Crippen molar-refractivity contribution in [3.8, 4) is 11.1 Å². The number of nitrogens with zero attached hydrogens (tertiary/aromatic N) is 2. The first-order valence-electron chi connectivity index (χ1n) is 11.7. The number of carbonyl (C=O) groups excluding carboxylic acids is 2. The summed E-state index contributed by atoms with van der Waals surface area (Å²) in [5.74, 6) is -0.141. The van der Waals surface area contributed by atoms with Gasteiger partial charge in [-0.3, -0.25) is 9.59 Å². The molecule has 1 aliphatic heterocycles. The predicted octanol–water partition coefficient (Wildman–Crippen LogP) is 3.34. The number of para-hydroxylation sites is 1. The van der Waals surface area contributed by atoms with E-state index in [0.29, 0.717) is 19.6 Å². The van der Waals surface area contributed by atoms with Gasteiger partial charge < -0.3 is 20.9 Å². The molecule has 1 fully saturated rings. The Morgan fingerprint density at radius 3 is 2.50 bits per heavy atom. The number of likely N-dealkylation sites (tertiary alicyclic amines) is 1. The largest absolute Gasteiger partial charge is 0.352 e. The van der Waals surface area contributed by atoms with Gasteiger partial charge in [0.05, 0.1) is 13.1 Å². The molecule has 0 spiro atoms. The Balaban J connectivity index is 1.55. The fourth-order valence-electron chi connectivity index (χ4n) is 4.37. The molecule has 6 heteroatoms. The topological polar surface area (TPSA) is 78.7 Å². The first-order chi connectivity index (χ1) is 16.5. The van der Waals surface area contributed by atoms with E-state index >= 15 is 0 Å². The number of carbonyl (C=O) groups is 2. The van der Waals surface area contributed by atoms with Gasteiger partial charge in [0.2, 0.25) is 11.8 Å². The minimum absolute atomic E-state index is 0.0118. The molecule has 34 heavy (non-hydrogen) atoms. The zero-order valence-corrected chi connectivity index (χ0v) is 19.6. The number of hydrogen-bond acceptors (Lipinski definition) is 4. The van der Waals surface area contributed by atoms with Crippen LogP contribution in [-0.4, -0.2) is 48.9 Å². The molecule has 1 unspecified atom stereocenters. The maximum absolute atomic E-state index is 13.1. The standard InChI is InChI=1S/C28H32N4O2/c1-21-8-7-9-22(16-21)17-30-27(33)19-32(20-28(34)31-15-14-24(29)18-31)26-13-6-5-12-25(26)23-10-3-2-4-11-23/h2-13,16,24H,14-15,17-20,29H2,1H3,(H,30,33). The molecule has 1 heterocycles. The Morgan fingerprint density at radius 2 is 1.76 bits per heavy atom. The maximum atomic E-state index is 13.1. The van der Waals surface area contributed by atoms with Gasteiger partial charge in [0, 0.05) is 36.9 Å². The van der Waals surface area contributed by atoms with Gasteiger partial charge in [-0.15, -0.1) is 0 Å². The normalized spacial score (nSPS) is 15.2. The third kappa shape index (κ3) is 6.02. The second-order valence-corrected chi connectivity index (χ2v) is 8.89. The molecular weight excluding hydrogens is 424 g/mol. The van der Waals surface area contributed by atoms with Crippen molar-refractivity contribution in [1.29, 1.82) is 0 Å². The Kier molecular flexibility index (Phi) is 7.60. The van der Waals surface area contributed by atoms with Crippen LogP contribution in [-0.2, 0) is 16.1 Å². The molecule has 0 saturated carbocycles. The predicted molar refractivity (Wildman–Crippen MR) is 136 cm³/mol. The first-order valence-corrected chi connectivity index (χ1v) is 11.7. The van der Waals surface area contributed by atoms with Crippen LogP contribution in [0.2, 0.25) is 0 Å². The smallest absolute Gasteiger partial charge is 0.242 e. The molecule has 6 nitrogen and oxygen atoms in total. The van der Waals surface area contributed by atoms with Crippen molar-refractivity contribution in [2.75, 3.05) is 31.1 Å². The van der Waals surface area contributed by atoms with Gasteiger partial charge in [0.1, 0.15) is 0 Å². The molecule has 1 atom stereocenters. The molecule has 176 valence electrons. The van der Waals surface area contributed by atoms with Crippen LogP contribution in [0.15, 0.2) is 78.9 Å². The highest BCUT2D eigenvalue weighted by atomic mass is 16.2. The van der Waals surface area contributed by atoms with E-state index in [1.54, 1.807) is 4.90 Å². The van der Waals surface area contributed by atoms with E-state index < -0.39 is 0 Å². The second-order valence-electron chi connectivity index (χ2n) is 8.89. The summed E-state index contributed by atoms with van der Waals surface area (Å²) in [4.78, 5) is 29.8. The van der Waals surface area contributed by atoms with E-state index in [-0.39, 0.29) is 30.9 Å². The quantitative estimate of drug-likeness (QED) is 0.545. The zero-order chi connectivity index (χ0) is 23.9. The molecule has 3 aromatic carbocycles. The van der Waals surface area contributed by atoms with Gasteiger partial charge in [-0.25, -0.2) is 0 Å². The summed E-state index contributed by atoms with van der Waals surface area (Å²) >= 11 is 0. The highest BCUT2D eigenvalue weighted by Crippen LogP contribution is 2.30. The second kappa shape index (κ2) is 11.0. The minimum atomic E-state index is -0.129. The van der Waals surface area contributed by atoms with Crippen molar-refractivity contribution in [2.45, 2.75) is 25.9 Å². The summed E-state index contributed by atoms with van der Waals surface area (Å²) in [6.45, 7) is 3.91. The van der Waals surface area contributed by atoms with Gasteiger partial charge in [-0.2, -0.15) is 0 Å². The van der Waals surface area contributed by atoms with Crippen molar-refractivity contribution in [1.82, 2.24) is 10.2 Å². The lowest BCUT2D eigenvalue weighted by molar-refractivity contribution is -0.128. The molecule has 3 aromatic rings. The third-order valence-electron chi connectivity index (χ3n) is 6.14. The van der Waals surface area contributed by atoms with Crippen LogP contribution >= 0.6 is 0 Å². The number of benzene rings is 3. The Labute approximate surface area is 201 Å². The Bertz CT molecular complexity index is 1130. The van der Waals surface area contributed by atoms with Crippen molar-refractivity contribution in [3.05, 3.63) is 90.0 Å². The molecular formula is C28H32N4O2. The van der Waals surface area contributed by atoms with Gasteiger partial charge >= 0.3 is 0 Å². The van der Waals surface area contributed by atoms with Gasteiger partial charge in [-0.1, -0.05) is 78.4 Å². The van der Waals surface area contributed by atoms with E-state index in [0.717, 1.165) is 34.4 Å². The Morgan fingerprint density at radius 1 is 1.00 bits per heavy atom. The van der Waals surface area contributed by atoms with Crippen molar-refractivity contribution >= 4 is 17.5 Å². The van der Waals surface area contributed by atoms with E-state index in [1.807, 2.05) is 84.6 Å². The number of anilines is 1. The van der Waals surface area contributed by atoms with Gasteiger partial charge in [0.15, 0.2) is 0 Å². The molecule has 1 aliphatic rings. The van der Waals surface area contributed by atoms with E-state index in [4.69, 9.17) is 5.73 Å². The number of aryl methyl sites for hydroxylation is 1. The monoisotopic (exact) mass is 456 g/mol. The van der Waals surface area contributed by atoms with Crippen LogP contribution in [0.1, 0.15) is 17.5 Å². The van der Waals surface area contributed by atoms with E-state index in [1.165, 1.54) is 0 Å². The van der Waals surface area contributed by atoms with Gasteiger partial charge in [0.25, 0.3) is 0 Å². The fourth-order valence-corrected chi connectivity index (χ4v) is 4.37. The van der Waals surface area contributed by atoms with Crippen molar-refractivity contribution < 1.29 is 9.59 Å². The minimum Gasteiger partial charge on any atom is -0.352 e. The van der Waals surface area contributed by atoms with Crippen LogP contribution in [0.3, 0.4) is 0 Å². The third-order valence-corrected chi connectivity index (χ3v) is 6.14. The van der Waals surface area contributed by atoms with E-state index in [2.05, 4.69) is 11.4 Å². The van der Waals surface area contributed by atoms with Gasteiger partial charge in [-0.05, 0) is 30.5 Å². The van der Waals surface area contributed by atoms with Crippen LogP contribution in [0.4, 0.5) is 5.69 Å². The number of nitrogens with one attached hydrogen (secondary N) is 1. The van der Waals surface area contributed by atoms with Crippen molar-refractivity contribution in [3.63, 3.8) is 0 Å². The average Bonchev–Trinajstić information content (AvgIpc) is 3.29. The molecule has 0 radical (unpaired) electrons. The fraction of sp³-hybridized carbons (Fsp3) is 0.286. The Hall–Kier alpha value is -3.64. The van der Waals surface area contributed by atoms with E-state index in [9.17, 15) is 9.59 Å². The summed E-state index contributed by atoms with van der Waals surface area (Å²) in [5.41, 5.74) is 11.1. The average molecular weight is 457 g/mol. The number of rotatable bonds is 8. The van der Waals surface area contributed by atoms with Crippen LogP contribution < -0.4 is 16.0 Å². The summed E-state index contributed by atoms with van der Waals surface area (Å²) in [6, 6.07) is 26.0. The summed E-state index contributed by atoms with van der Waals surface area (Å²) in [7, 11) is 0. The lowest BCUT2D eigenvalue weighted by Crippen LogP contribution is -2.44. The number of amides is 2. The summed E-state index contributed by atoms with van der Waals surface area (Å²) in [6.07, 6.45) is 0.809. The lowest BCUT2D eigenvalue weighted by atomic mass is 10.0.